The quantitative estimate of drug-likeness (QED) is 0.769. The number of anilines is 2. The van der Waals surface area contributed by atoms with Gasteiger partial charge in [-0.1, -0.05) is 0 Å². The minimum atomic E-state index is 0.376. The number of rotatable bonds is 3. The highest BCUT2D eigenvalue weighted by Gasteiger charge is 2.20. The van der Waals surface area contributed by atoms with Crippen LogP contribution in [0, 0.1) is 11.3 Å². The minimum Gasteiger partial charge on any atom is -0.371 e. The molecule has 7 heteroatoms. The third-order valence-corrected chi connectivity index (χ3v) is 4.42. The lowest BCUT2D eigenvalue weighted by Gasteiger charge is -2.34. The zero-order chi connectivity index (χ0) is 16.4. The summed E-state index contributed by atoms with van der Waals surface area (Å²) < 4.78 is 0. The molecule has 3 aromatic rings. The molecule has 1 fully saturated rings. The summed E-state index contributed by atoms with van der Waals surface area (Å²) in [5, 5.41) is 12.4. The third-order valence-electron chi connectivity index (χ3n) is 4.42. The number of nitrogens with one attached hydrogen (secondary N) is 2. The van der Waals surface area contributed by atoms with Gasteiger partial charge in [0.15, 0.2) is 11.5 Å². The molecule has 120 valence electrons. The molecule has 0 saturated carbocycles. The van der Waals surface area contributed by atoms with Gasteiger partial charge in [-0.2, -0.15) is 5.26 Å². The number of nitrogens with zero attached hydrogens (tertiary/aromatic N) is 5. The molecule has 0 amide bonds. The van der Waals surface area contributed by atoms with E-state index >= 15 is 0 Å². The lowest BCUT2D eigenvalue weighted by Crippen LogP contribution is -2.39. The van der Waals surface area contributed by atoms with Crippen LogP contribution in [-0.4, -0.2) is 39.1 Å². The fraction of sp³-hybridized carbons (Fsp3) is 0.294. The van der Waals surface area contributed by atoms with E-state index in [1.807, 2.05) is 24.3 Å². The Balaban J connectivity index is 1.41. The van der Waals surface area contributed by atoms with E-state index in [0.29, 0.717) is 17.3 Å². The van der Waals surface area contributed by atoms with Crippen molar-refractivity contribution in [3.05, 3.63) is 42.5 Å². The number of nitriles is 1. The molecule has 1 aromatic carbocycles. The van der Waals surface area contributed by atoms with Gasteiger partial charge < -0.3 is 15.2 Å². The Hall–Kier alpha value is -3.14. The molecule has 0 spiro atoms. The van der Waals surface area contributed by atoms with Crippen LogP contribution < -0.4 is 10.2 Å². The summed E-state index contributed by atoms with van der Waals surface area (Å²) in [6.45, 7) is 1.95. The number of fused-ring (bicyclic) bond motifs is 1. The van der Waals surface area contributed by atoms with Gasteiger partial charge in [-0.05, 0) is 37.1 Å². The molecular weight excluding hydrogens is 302 g/mol. The molecule has 2 aromatic heterocycles. The molecular formula is C17H17N7. The lowest BCUT2D eigenvalue weighted by molar-refractivity contribution is 0.526. The maximum atomic E-state index is 8.88. The van der Waals surface area contributed by atoms with Crippen LogP contribution in [0.15, 0.2) is 36.9 Å². The van der Waals surface area contributed by atoms with Crippen molar-refractivity contribution in [2.75, 3.05) is 23.3 Å². The molecule has 0 aliphatic carbocycles. The summed E-state index contributed by atoms with van der Waals surface area (Å²) in [5.41, 5.74) is 3.41. The van der Waals surface area contributed by atoms with Crippen LogP contribution in [0.3, 0.4) is 0 Å². The second kappa shape index (κ2) is 6.16. The average Bonchev–Trinajstić information content (AvgIpc) is 3.12. The first kappa shape index (κ1) is 14.5. The number of hydrogen-bond donors (Lipinski definition) is 2. The number of imidazole rings is 1. The highest BCUT2D eigenvalue weighted by atomic mass is 15.2. The molecule has 4 rings (SSSR count). The van der Waals surface area contributed by atoms with Crippen molar-refractivity contribution in [2.24, 2.45) is 0 Å². The molecule has 1 aliphatic rings. The van der Waals surface area contributed by atoms with Crippen LogP contribution >= 0.6 is 0 Å². The van der Waals surface area contributed by atoms with Crippen molar-refractivity contribution in [3.63, 3.8) is 0 Å². The molecule has 24 heavy (non-hydrogen) atoms. The summed E-state index contributed by atoms with van der Waals surface area (Å²) >= 11 is 0. The van der Waals surface area contributed by atoms with Crippen LogP contribution in [-0.2, 0) is 0 Å². The van der Waals surface area contributed by atoms with Gasteiger partial charge in [-0.3, -0.25) is 0 Å². The van der Waals surface area contributed by atoms with Crippen molar-refractivity contribution in [2.45, 2.75) is 18.9 Å². The number of piperidine rings is 1. The van der Waals surface area contributed by atoms with Gasteiger partial charge >= 0.3 is 0 Å². The Bertz CT molecular complexity index is 870. The Kier molecular flexibility index (Phi) is 3.71. The van der Waals surface area contributed by atoms with Gasteiger partial charge in [-0.25, -0.2) is 15.0 Å². The van der Waals surface area contributed by atoms with Gasteiger partial charge in [0.2, 0.25) is 0 Å². The van der Waals surface area contributed by atoms with Crippen LogP contribution in [0.4, 0.5) is 11.5 Å². The van der Waals surface area contributed by atoms with Crippen LogP contribution in [0.25, 0.3) is 11.2 Å². The summed E-state index contributed by atoms with van der Waals surface area (Å²) in [5.74, 6) is 0.814. The van der Waals surface area contributed by atoms with Crippen LogP contribution in [0.2, 0.25) is 0 Å². The molecule has 1 aliphatic heterocycles. The molecule has 7 nitrogen and oxygen atoms in total. The Morgan fingerprint density at radius 3 is 2.67 bits per heavy atom. The Labute approximate surface area is 139 Å². The molecule has 0 atom stereocenters. The SMILES string of the molecule is N#Cc1ccc(N2CCC(Nc3ncnc4nc[nH]c34)CC2)cc1. The fourth-order valence-corrected chi connectivity index (χ4v) is 3.10. The highest BCUT2D eigenvalue weighted by Crippen LogP contribution is 2.23. The number of aromatic nitrogens is 4. The second-order valence-electron chi connectivity index (χ2n) is 5.89. The normalized spacial score (nSPS) is 15.4. The first-order chi connectivity index (χ1) is 11.8. The Morgan fingerprint density at radius 2 is 1.92 bits per heavy atom. The number of benzene rings is 1. The van der Waals surface area contributed by atoms with Crippen molar-refractivity contribution in [1.82, 2.24) is 19.9 Å². The zero-order valence-electron chi connectivity index (χ0n) is 13.1. The number of hydrogen-bond acceptors (Lipinski definition) is 6. The molecule has 2 N–H and O–H groups in total. The van der Waals surface area contributed by atoms with Gasteiger partial charge in [0.05, 0.1) is 18.0 Å². The average molecular weight is 319 g/mol. The highest BCUT2D eigenvalue weighted by molar-refractivity contribution is 5.82. The van der Waals surface area contributed by atoms with Gasteiger partial charge in [0.25, 0.3) is 0 Å². The van der Waals surface area contributed by atoms with E-state index in [2.05, 4.69) is 36.2 Å². The zero-order valence-corrected chi connectivity index (χ0v) is 13.1. The molecule has 1 saturated heterocycles. The first-order valence-electron chi connectivity index (χ1n) is 7.99. The lowest BCUT2D eigenvalue weighted by atomic mass is 10.0. The maximum absolute atomic E-state index is 8.88. The van der Waals surface area contributed by atoms with Crippen molar-refractivity contribution < 1.29 is 0 Å². The van der Waals surface area contributed by atoms with Gasteiger partial charge in [0.1, 0.15) is 11.8 Å². The second-order valence-corrected chi connectivity index (χ2v) is 5.89. The van der Waals surface area contributed by atoms with E-state index in [9.17, 15) is 0 Å². The van der Waals surface area contributed by atoms with E-state index < -0.39 is 0 Å². The predicted molar refractivity (Wildman–Crippen MR) is 91.7 cm³/mol. The molecule has 0 unspecified atom stereocenters. The number of H-pyrrole nitrogens is 1. The number of aromatic amines is 1. The van der Waals surface area contributed by atoms with Gasteiger partial charge in [0, 0.05) is 24.8 Å². The summed E-state index contributed by atoms with van der Waals surface area (Å²) in [7, 11) is 0. The third kappa shape index (κ3) is 2.74. The Morgan fingerprint density at radius 1 is 1.12 bits per heavy atom. The standard InChI is InChI=1S/C17H17N7/c18-9-12-1-3-14(4-2-12)24-7-5-13(6-8-24)23-17-15-16(20-10-19-15)21-11-22-17/h1-4,10-11,13H,5-8H2,(H2,19,20,21,22,23). The van der Waals surface area contributed by atoms with Crippen molar-refractivity contribution in [3.8, 4) is 6.07 Å². The van der Waals surface area contributed by atoms with Crippen molar-refractivity contribution >= 4 is 22.7 Å². The molecule has 0 bridgehead atoms. The van der Waals surface area contributed by atoms with E-state index in [-0.39, 0.29) is 0 Å². The monoisotopic (exact) mass is 319 g/mol. The minimum absolute atomic E-state index is 0.376. The summed E-state index contributed by atoms with van der Waals surface area (Å²) in [6.07, 6.45) is 5.23. The predicted octanol–water partition coefficient (Wildman–Crippen LogP) is 2.31. The fourth-order valence-electron chi connectivity index (χ4n) is 3.10. The molecule has 0 radical (unpaired) electrons. The topological polar surface area (TPSA) is 93.5 Å². The molecule has 3 heterocycles. The van der Waals surface area contributed by atoms with Gasteiger partial charge in [-0.15, -0.1) is 0 Å². The van der Waals surface area contributed by atoms with E-state index in [1.165, 1.54) is 12.0 Å². The van der Waals surface area contributed by atoms with Crippen LogP contribution in [0.1, 0.15) is 18.4 Å². The smallest absolute Gasteiger partial charge is 0.182 e. The largest absolute Gasteiger partial charge is 0.371 e. The van der Waals surface area contributed by atoms with Crippen molar-refractivity contribution in [1.29, 1.82) is 5.26 Å². The van der Waals surface area contributed by atoms with E-state index in [0.717, 1.165) is 37.3 Å². The van der Waals surface area contributed by atoms with Crippen LogP contribution in [0.5, 0.6) is 0 Å². The maximum Gasteiger partial charge on any atom is 0.182 e. The van der Waals surface area contributed by atoms with E-state index in [4.69, 9.17) is 5.26 Å². The van der Waals surface area contributed by atoms with E-state index in [1.54, 1.807) is 6.33 Å². The summed E-state index contributed by atoms with van der Waals surface area (Å²) in [6, 6.07) is 10.3. The summed E-state index contributed by atoms with van der Waals surface area (Å²) in [4.78, 5) is 18.1. The first-order valence-corrected chi connectivity index (χ1v) is 7.99.